The number of hydrogen-bond acceptors (Lipinski definition) is 5. The molecule has 1 heterocycles. The van der Waals surface area contributed by atoms with E-state index in [0.29, 0.717) is 18.8 Å². The molecule has 2 N–H and O–H groups in total. The number of nitrogens with zero attached hydrogens (tertiary/aromatic N) is 1. The van der Waals surface area contributed by atoms with Gasteiger partial charge >= 0.3 is 0 Å². The summed E-state index contributed by atoms with van der Waals surface area (Å²) in [5.41, 5.74) is 0.489. The fourth-order valence-corrected chi connectivity index (χ4v) is 3.31. The number of anilines is 1. The van der Waals surface area contributed by atoms with Crippen LogP contribution in [0.1, 0.15) is 6.92 Å². The summed E-state index contributed by atoms with van der Waals surface area (Å²) in [4.78, 5) is 14.1. The number of rotatable bonds is 5. The van der Waals surface area contributed by atoms with Crippen LogP contribution >= 0.6 is 0 Å². The Morgan fingerprint density at radius 3 is 2.62 bits per heavy atom. The first-order valence-corrected chi connectivity index (χ1v) is 8.74. The zero-order valence-corrected chi connectivity index (χ0v) is 12.9. The van der Waals surface area contributed by atoms with E-state index < -0.39 is 9.84 Å². The molecule has 1 aromatic rings. The van der Waals surface area contributed by atoms with Gasteiger partial charge in [-0.15, -0.1) is 0 Å². The quantitative estimate of drug-likeness (QED) is 0.819. The second-order valence-corrected chi connectivity index (χ2v) is 7.13. The monoisotopic (exact) mass is 311 g/mol. The van der Waals surface area contributed by atoms with Gasteiger partial charge < -0.3 is 15.5 Å². The predicted octanol–water partition coefficient (Wildman–Crippen LogP) is 0.324. The molecule has 1 aliphatic heterocycles. The minimum atomic E-state index is -3.30. The maximum Gasteiger partial charge on any atom is 0.241 e. The van der Waals surface area contributed by atoms with Crippen molar-refractivity contribution in [1.82, 2.24) is 10.2 Å². The lowest BCUT2D eigenvalue weighted by atomic mass is 10.3. The van der Waals surface area contributed by atoms with E-state index in [2.05, 4.69) is 10.6 Å². The van der Waals surface area contributed by atoms with Gasteiger partial charge in [-0.1, -0.05) is 19.1 Å². The molecular weight excluding hydrogens is 290 g/mol. The Labute approximate surface area is 125 Å². The number of sulfone groups is 1. The minimum absolute atomic E-state index is 0.0137. The molecule has 2 rings (SSSR count). The normalized spacial score (nSPS) is 15.8. The standard InChI is InChI=1S/C14H21N3O3S/c1-2-21(19,20)13-6-4-3-5-12(13)16-11-14(18)17-9-7-15-8-10-17/h3-6,15-16H,2,7-11H2,1H3. The van der Waals surface area contributed by atoms with Gasteiger partial charge in [-0.2, -0.15) is 0 Å². The highest BCUT2D eigenvalue weighted by Gasteiger charge is 2.19. The van der Waals surface area contributed by atoms with Gasteiger partial charge in [0.25, 0.3) is 0 Å². The highest BCUT2D eigenvalue weighted by atomic mass is 32.2. The van der Waals surface area contributed by atoms with Gasteiger partial charge in [0.2, 0.25) is 5.91 Å². The van der Waals surface area contributed by atoms with Crippen LogP contribution in [0.3, 0.4) is 0 Å². The van der Waals surface area contributed by atoms with Crippen molar-refractivity contribution in [3.63, 3.8) is 0 Å². The van der Waals surface area contributed by atoms with Gasteiger partial charge in [0, 0.05) is 26.2 Å². The molecule has 0 radical (unpaired) electrons. The van der Waals surface area contributed by atoms with Crippen molar-refractivity contribution in [2.45, 2.75) is 11.8 Å². The number of para-hydroxylation sites is 1. The number of piperazine rings is 1. The molecule has 1 aromatic carbocycles. The van der Waals surface area contributed by atoms with E-state index >= 15 is 0 Å². The van der Waals surface area contributed by atoms with E-state index in [-0.39, 0.29) is 23.1 Å². The van der Waals surface area contributed by atoms with Crippen LogP contribution in [0.5, 0.6) is 0 Å². The van der Waals surface area contributed by atoms with E-state index in [1.54, 1.807) is 36.1 Å². The highest BCUT2D eigenvalue weighted by Crippen LogP contribution is 2.21. The lowest BCUT2D eigenvalue weighted by Gasteiger charge is -2.27. The van der Waals surface area contributed by atoms with Crippen molar-refractivity contribution in [1.29, 1.82) is 0 Å². The summed E-state index contributed by atoms with van der Waals surface area (Å²) in [6, 6.07) is 6.70. The van der Waals surface area contributed by atoms with Crippen molar-refractivity contribution in [2.75, 3.05) is 43.8 Å². The molecule has 0 aliphatic carbocycles. The van der Waals surface area contributed by atoms with Crippen LogP contribution in [-0.2, 0) is 14.6 Å². The van der Waals surface area contributed by atoms with Crippen LogP contribution in [-0.4, -0.2) is 57.7 Å². The second-order valence-electron chi connectivity index (χ2n) is 4.88. The van der Waals surface area contributed by atoms with Gasteiger partial charge in [-0.25, -0.2) is 8.42 Å². The third-order valence-electron chi connectivity index (χ3n) is 3.50. The number of carbonyl (C=O) groups excluding carboxylic acids is 1. The Morgan fingerprint density at radius 1 is 1.29 bits per heavy atom. The Hall–Kier alpha value is -1.60. The molecule has 0 bridgehead atoms. The minimum Gasteiger partial charge on any atom is -0.375 e. The molecule has 1 saturated heterocycles. The van der Waals surface area contributed by atoms with Crippen LogP contribution in [0.2, 0.25) is 0 Å². The zero-order chi connectivity index (χ0) is 15.3. The van der Waals surface area contributed by atoms with Gasteiger partial charge in [0.1, 0.15) is 0 Å². The first-order chi connectivity index (χ1) is 10.0. The van der Waals surface area contributed by atoms with Crippen LogP contribution < -0.4 is 10.6 Å². The van der Waals surface area contributed by atoms with Crippen molar-refractivity contribution >= 4 is 21.4 Å². The SMILES string of the molecule is CCS(=O)(=O)c1ccccc1NCC(=O)N1CCNCC1. The molecule has 6 nitrogen and oxygen atoms in total. The van der Waals surface area contributed by atoms with Gasteiger partial charge in [-0.3, -0.25) is 4.79 Å². The van der Waals surface area contributed by atoms with Gasteiger partial charge in [0.15, 0.2) is 9.84 Å². The number of nitrogens with one attached hydrogen (secondary N) is 2. The number of carbonyl (C=O) groups is 1. The van der Waals surface area contributed by atoms with Gasteiger partial charge in [-0.05, 0) is 12.1 Å². The van der Waals surface area contributed by atoms with E-state index in [9.17, 15) is 13.2 Å². The van der Waals surface area contributed by atoms with Gasteiger partial charge in [0.05, 0.1) is 22.9 Å². The lowest BCUT2D eigenvalue weighted by molar-refractivity contribution is -0.129. The maximum absolute atomic E-state index is 12.1. The van der Waals surface area contributed by atoms with Crippen molar-refractivity contribution in [3.05, 3.63) is 24.3 Å². The summed E-state index contributed by atoms with van der Waals surface area (Å²) < 4.78 is 24.0. The Bertz CT molecular complexity index is 595. The van der Waals surface area contributed by atoms with E-state index in [4.69, 9.17) is 0 Å². The van der Waals surface area contributed by atoms with E-state index in [0.717, 1.165) is 13.1 Å². The molecule has 1 fully saturated rings. The molecule has 0 spiro atoms. The first kappa shape index (κ1) is 15.8. The fourth-order valence-electron chi connectivity index (χ4n) is 2.24. The smallest absolute Gasteiger partial charge is 0.241 e. The topological polar surface area (TPSA) is 78.5 Å². The number of amides is 1. The van der Waals surface area contributed by atoms with Crippen LogP contribution in [0.4, 0.5) is 5.69 Å². The summed E-state index contributed by atoms with van der Waals surface area (Å²) >= 11 is 0. The first-order valence-electron chi connectivity index (χ1n) is 7.08. The van der Waals surface area contributed by atoms with Crippen LogP contribution in [0, 0.1) is 0 Å². The predicted molar refractivity (Wildman–Crippen MR) is 82.1 cm³/mol. The third-order valence-corrected chi connectivity index (χ3v) is 5.29. The van der Waals surface area contributed by atoms with Crippen molar-refractivity contribution in [2.24, 2.45) is 0 Å². The third kappa shape index (κ3) is 3.95. The molecule has 0 saturated carbocycles. The molecule has 0 atom stereocenters. The summed E-state index contributed by atoms with van der Waals surface area (Å²) in [5.74, 6) is 0.0254. The summed E-state index contributed by atoms with van der Waals surface area (Å²) in [7, 11) is -3.30. The molecule has 0 aromatic heterocycles. The molecular formula is C14H21N3O3S. The number of benzene rings is 1. The van der Waals surface area contributed by atoms with E-state index in [1.807, 2.05) is 0 Å². The highest BCUT2D eigenvalue weighted by molar-refractivity contribution is 7.91. The average Bonchev–Trinajstić information content (AvgIpc) is 2.53. The summed E-state index contributed by atoms with van der Waals surface area (Å²) in [6.45, 7) is 4.69. The fraction of sp³-hybridized carbons (Fsp3) is 0.500. The molecule has 21 heavy (non-hydrogen) atoms. The maximum atomic E-state index is 12.1. The molecule has 116 valence electrons. The lowest BCUT2D eigenvalue weighted by Crippen LogP contribution is -2.48. The summed E-state index contributed by atoms with van der Waals surface area (Å²) in [5, 5.41) is 6.15. The van der Waals surface area contributed by atoms with Crippen molar-refractivity contribution < 1.29 is 13.2 Å². The van der Waals surface area contributed by atoms with Crippen LogP contribution in [0.15, 0.2) is 29.2 Å². The largest absolute Gasteiger partial charge is 0.375 e. The molecule has 1 aliphatic rings. The number of hydrogen-bond donors (Lipinski definition) is 2. The Kier molecular flexibility index (Phi) is 5.19. The molecule has 1 amide bonds. The zero-order valence-electron chi connectivity index (χ0n) is 12.1. The molecule has 0 unspecified atom stereocenters. The van der Waals surface area contributed by atoms with E-state index in [1.165, 1.54) is 0 Å². The van der Waals surface area contributed by atoms with Crippen LogP contribution in [0.25, 0.3) is 0 Å². The summed E-state index contributed by atoms with van der Waals surface area (Å²) in [6.07, 6.45) is 0. The average molecular weight is 311 g/mol. The second kappa shape index (κ2) is 6.91. The van der Waals surface area contributed by atoms with Crippen molar-refractivity contribution in [3.8, 4) is 0 Å². The molecule has 7 heteroatoms. The Balaban J connectivity index is 2.05. The Morgan fingerprint density at radius 2 is 1.95 bits per heavy atom.